The fourth-order valence-corrected chi connectivity index (χ4v) is 7.05. The third-order valence-corrected chi connectivity index (χ3v) is 10.6. The largest absolute Gasteiger partial charge is 0.494 e. The highest BCUT2D eigenvalue weighted by Gasteiger charge is 2.36. The van der Waals surface area contributed by atoms with E-state index in [0.29, 0.717) is 33.9 Å². The number of benzene rings is 3. The number of carbonyl (C=O) groups is 7. The Hall–Kier alpha value is -6.72. The molecule has 0 fully saturated rings. The zero-order valence-electron chi connectivity index (χ0n) is 37.8. The van der Waals surface area contributed by atoms with Crippen molar-refractivity contribution in [2.75, 3.05) is 28.3 Å². The molecule has 0 aromatic heterocycles. The normalized spacial score (nSPS) is 16.9. The van der Waals surface area contributed by atoms with Crippen LogP contribution in [0.1, 0.15) is 64.7 Å². The van der Waals surface area contributed by atoms with Crippen LogP contribution in [0.3, 0.4) is 0 Å². The Morgan fingerprint density at radius 3 is 1.97 bits per heavy atom. The molecule has 0 saturated heterocycles. The summed E-state index contributed by atoms with van der Waals surface area (Å²) >= 11 is 0. The number of halogens is 1. The van der Waals surface area contributed by atoms with Gasteiger partial charge in [-0.25, -0.2) is 9.18 Å². The lowest BCUT2D eigenvalue weighted by Crippen LogP contribution is -2.58. The topological polar surface area (TPSA) is 219 Å². The minimum absolute atomic E-state index is 0.00138. The highest BCUT2D eigenvalue weighted by atomic mass is 19.1. The van der Waals surface area contributed by atoms with Gasteiger partial charge < -0.3 is 49.8 Å². The van der Waals surface area contributed by atoms with Crippen LogP contribution in [0.4, 0.5) is 9.18 Å². The van der Waals surface area contributed by atoms with E-state index in [9.17, 15) is 43.1 Å². The summed E-state index contributed by atoms with van der Waals surface area (Å²) in [6.07, 6.45) is -1.53. The van der Waals surface area contributed by atoms with Gasteiger partial charge in [-0.3, -0.25) is 28.8 Å². The second kappa shape index (κ2) is 21.6. The minimum atomic E-state index is -1.37. The maximum atomic E-state index is 14.9. The zero-order valence-corrected chi connectivity index (χ0v) is 37.8. The van der Waals surface area contributed by atoms with Crippen molar-refractivity contribution < 1.29 is 62.0 Å². The number of likely N-dealkylation sites (N-methyl/N-ethyl adjacent to an activating group) is 2. The summed E-state index contributed by atoms with van der Waals surface area (Å²) in [5.41, 5.74) is 0.685. The number of hydrogen-bond acceptors (Lipinski definition) is 11. The van der Waals surface area contributed by atoms with Crippen LogP contribution in [0.15, 0.2) is 60.7 Å². The number of alkyl carbamates (subject to hydrolysis) is 1. The average molecular weight is 892 g/mol. The van der Waals surface area contributed by atoms with Crippen LogP contribution in [0.2, 0.25) is 0 Å². The Kier molecular flexibility index (Phi) is 16.8. The Morgan fingerprint density at radius 2 is 1.38 bits per heavy atom. The number of carboxylic acids is 1. The average Bonchev–Trinajstić information content (AvgIpc) is 3.22. The van der Waals surface area contributed by atoms with Gasteiger partial charge in [0.05, 0.1) is 26.2 Å². The van der Waals surface area contributed by atoms with Crippen LogP contribution in [0.5, 0.6) is 23.0 Å². The van der Waals surface area contributed by atoms with Gasteiger partial charge in [-0.15, -0.1) is 0 Å². The molecule has 64 heavy (non-hydrogen) atoms. The molecule has 0 unspecified atom stereocenters. The number of methoxy groups -OCH3 is 2. The van der Waals surface area contributed by atoms with Gasteiger partial charge in [0.2, 0.25) is 23.6 Å². The molecule has 0 radical (unpaired) electrons. The van der Waals surface area contributed by atoms with E-state index in [-0.39, 0.29) is 25.0 Å². The summed E-state index contributed by atoms with van der Waals surface area (Å²) in [5, 5.41) is 17.8. The number of nitrogens with one attached hydrogen (secondary N) is 3. The van der Waals surface area contributed by atoms with Crippen LogP contribution in [-0.2, 0) is 52.8 Å². The molecule has 5 rings (SSSR count). The lowest BCUT2D eigenvalue weighted by molar-refractivity contribution is -0.146. The number of hydrogen-bond donors (Lipinski definition) is 4. The maximum absolute atomic E-state index is 14.9. The third-order valence-electron chi connectivity index (χ3n) is 10.6. The molecular weight excluding hydrogens is 834 g/mol. The predicted octanol–water partition coefficient (Wildman–Crippen LogP) is 4.21. The van der Waals surface area contributed by atoms with Crippen molar-refractivity contribution >= 4 is 41.5 Å². The number of ether oxygens (including phenoxy) is 4. The number of aliphatic carboxylic acids is 1. The van der Waals surface area contributed by atoms with Crippen molar-refractivity contribution in [3.63, 3.8) is 0 Å². The number of carbonyl (C=O) groups excluding carboxylic acids is 6. The lowest BCUT2D eigenvalue weighted by atomic mass is 9.89. The van der Waals surface area contributed by atoms with E-state index >= 15 is 0 Å². The number of amides is 5. The monoisotopic (exact) mass is 891 g/mol. The van der Waals surface area contributed by atoms with Gasteiger partial charge in [0.1, 0.15) is 35.5 Å². The Balaban J connectivity index is 1.57. The fourth-order valence-electron chi connectivity index (χ4n) is 7.05. The summed E-state index contributed by atoms with van der Waals surface area (Å²) < 4.78 is 36.6. The van der Waals surface area contributed by atoms with E-state index in [4.69, 9.17) is 18.9 Å². The smallest absolute Gasteiger partial charge is 0.408 e. The summed E-state index contributed by atoms with van der Waals surface area (Å²) in [7, 11) is 5.47. The molecule has 346 valence electrons. The van der Waals surface area contributed by atoms with E-state index in [2.05, 4.69) is 16.0 Å². The SMILES string of the molecule is COc1ccc(C[C@@H](C(=O)N[C@@H](C)C(=O)N(C)[C@H]2Cc3ccc(cc3)Oc3cc(ccc3OC)C[C@@H](C(=O)O)CC2=O)N(C)C(=O)[C@H](C)NC(=O)[C@@H](C)NC(=O)OC(C)(C)C)cc1F. The second-order valence-electron chi connectivity index (χ2n) is 16.8. The van der Waals surface area contributed by atoms with Crippen LogP contribution in [-0.4, -0.2) is 121 Å². The van der Waals surface area contributed by atoms with Crippen molar-refractivity contribution in [1.82, 2.24) is 25.8 Å². The molecule has 0 spiro atoms. The first-order chi connectivity index (χ1) is 30.0. The van der Waals surface area contributed by atoms with Crippen molar-refractivity contribution in [3.05, 3.63) is 83.2 Å². The molecule has 6 atom stereocenters. The molecule has 2 aliphatic heterocycles. The quantitative estimate of drug-likeness (QED) is 0.179. The molecule has 4 N–H and O–H groups in total. The first-order valence-corrected chi connectivity index (χ1v) is 20.7. The minimum Gasteiger partial charge on any atom is -0.494 e. The molecule has 0 saturated carbocycles. The summed E-state index contributed by atoms with van der Waals surface area (Å²) in [6, 6.07) is 9.67. The van der Waals surface area contributed by atoms with Gasteiger partial charge in [0, 0.05) is 26.9 Å². The van der Waals surface area contributed by atoms with Crippen molar-refractivity contribution in [1.29, 1.82) is 0 Å². The van der Waals surface area contributed by atoms with Crippen molar-refractivity contribution in [3.8, 4) is 23.0 Å². The van der Waals surface area contributed by atoms with Crippen molar-refractivity contribution in [2.45, 2.75) is 103 Å². The van der Waals surface area contributed by atoms with E-state index in [1.807, 2.05) is 0 Å². The van der Waals surface area contributed by atoms with E-state index in [1.165, 1.54) is 66.1 Å². The third kappa shape index (κ3) is 13.4. The fraction of sp³-hybridized carbons (Fsp3) is 0.457. The first-order valence-electron chi connectivity index (χ1n) is 20.7. The number of nitrogens with zero attached hydrogens (tertiary/aromatic N) is 2. The van der Waals surface area contributed by atoms with E-state index in [1.54, 1.807) is 63.2 Å². The first kappa shape index (κ1) is 49.9. The highest BCUT2D eigenvalue weighted by molar-refractivity contribution is 5.96. The van der Waals surface area contributed by atoms with Crippen molar-refractivity contribution in [2.24, 2.45) is 5.92 Å². The molecule has 18 heteroatoms. The van der Waals surface area contributed by atoms with Crippen LogP contribution < -0.4 is 30.2 Å². The summed E-state index contributed by atoms with van der Waals surface area (Å²) in [5.74, 6) is -5.39. The Bertz CT molecular complexity index is 2210. The molecule has 0 aliphatic carbocycles. The van der Waals surface area contributed by atoms with Gasteiger partial charge >= 0.3 is 12.1 Å². The molecule has 3 aromatic carbocycles. The number of Topliss-reactive ketones (excluding diaryl/α,β-unsaturated/α-hetero) is 1. The Labute approximate surface area is 371 Å². The maximum Gasteiger partial charge on any atom is 0.408 e. The molecule has 3 aromatic rings. The second-order valence-corrected chi connectivity index (χ2v) is 16.8. The molecule has 2 aliphatic rings. The summed E-state index contributed by atoms with van der Waals surface area (Å²) in [6.45, 7) is 9.14. The van der Waals surface area contributed by atoms with E-state index in [0.717, 1.165) is 11.0 Å². The molecule has 17 nitrogen and oxygen atoms in total. The van der Waals surface area contributed by atoms with Gasteiger partial charge in [-0.1, -0.05) is 24.3 Å². The highest BCUT2D eigenvalue weighted by Crippen LogP contribution is 2.34. The summed E-state index contributed by atoms with van der Waals surface area (Å²) in [4.78, 5) is 96.3. The van der Waals surface area contributed by atoms with Gasteiger partial charge in [0.15, 0.2) is 28.8 Å². The van der Waals surface area contributed by atoms with Crippen LogP contribution >= 0.6 is 0 Å². The number of carboxylic acid groups (broad SMARTS) is 1. The molecule has 4 bridgehead atoms. The number of fused-ring (bicyclic) bond motifs is 7. The standard InChI is InChI=1S/C46H58FN5O12/c1-25(50-45(60)64-46(4,5)6)40(54)48-26(2)43(57)52(8)35(22-30-13-17-37(61-9)33(47)20-30)41(55)49-27(3)42(56)51(7)34-21-28-11-15-32(16-12-28)63-39-23-29(14-18-38(39)62-10)19-31(44(58)59)24-36(34)53/h11-18,20,23,25-27,31,34-35H,19,21-22,24H2,1-10H3,(H,48,54)(H,49,55)(H,50,60)(H,58,59)/t25-,26+,27+,31-,34+,35+/m1/s1. The Morgan fingerprint density at radius 1 is 0.781 bits per heavy atom. The number of ketones is 1. The molecule has 5 amide bonds. The van der Waals surface area contributed by atoms with Crippen LogP contribution in [0, 0.1) is 11.7 Å². The zero-order chi connectivity index (χ0) is 47.6. The van der Waals surface area contributed by atoms with Crippen LogP contribution in [0.25, 0.3) is 0 Å². The van der Waals surface area contributed by atoms with Gasteiger partial charge in [-0.2, -0.15) is 0 Å². The van der Waals surface area contributed by atoms with Gasteiger partial charge in [-0.05, 0) is 107 Å². The predicted molar refractivity (Wildman–Crippen MR) is 231 cm³/mol. The van der Waals surface area contributed by atoms with Gasteiger partial charge in [0.25, 0.3) is 0 Å². The molecular formula is C46H58FN5O12. The number of rotatable bonds is 14. The lowest BCUT2D eigenvalue weighted by Gasteiger charge is -2.33. The van der Waals surface area contributed by atoms with E-state index < -0.39 is 95.4 Å². The molecule has 2 heterocycles.